The minimum Gasteiger partial charge on any atom is -0.744 e. The third-order valence-electron chi connectivity index (χ3n) is 3.47. The van der Waals surface area contributed by atoms with Crippen LogP contribution >= 0.6 is 0 Å². The van der Waals surface area contributed by atoms with E-state index in [1.165, 1.54) is 6.07 Å². The minimum atomic E-state index is -4.52. The minimum absolute atomic E-state index is 0. The Morgan fingerprint density at radius 2 is 1.67 bits per heavy atom. The summed E-state index contributed by atoms with van der Waals surface area (Å²) in [6.07, 6.45) is 0. The molecule has 0 saturated heterocycles. The molecule has 21 heavy (non-hydrogen) atoms. The van der Waals surface area contributed by atoms with E-state index in [1.807, 2.05) is 0 Å². The summed E-state index contributed by atoms with van der Waals surface area (Å²) in [6.45, 7) is 6.83. The van der Waals surface area contributed by atoms with E-state index in [1.54, 1.807) is 45.9 Å². The van der Waals surface area contributed by atoms with Crippen LogP contribution in [-0.4, -0.2) is 18.1 Å². The molecule has 0 aromatic heterocycles. The molecule has 0 saturated carbocycles. The zero-order valence-corrected chi connectivity index (χ0v) is 15.7. The van der Waals surface area contributed by atoms with Gasteiger partial charge in [-0.15, -0.1) is 0 Å². The van der Waals surface area contributed by atoms with Gasteiger partial charge in [0, 0.05) is 5.56 Å². The molecule has 2 rings (SSSR count). The monoisotopic (exact) mass is 316 g/mol. The summed E-state index contributed by atoms with van der Waals surface area (Å²) in [6, 6.07) is 6.61. The van der Waals surface area contributed by atoms with Crippen molar-refractivity contribution in [3.63, 3.8) is 0 Å². The fraction of sp³-hybridized carbons (Fsp3) is 0.333. The van der Waals surface area contributed by atoms with Gasteiger partial charge in [0.2, 0.25) is 0 Å². The Hall–Kier alpha value is -0.430. The van der Waals surface area contributed by atoms with Crippen molar-refractivity contribution in [2.45, 2.75) is 38.2 Å². The zero-order chi connectivity index (χ0) is 15.3. The maximum absolute atomic E-state index is 11.4. The third kappa shape index (κ3) is 3.67. The van der Waals surface area contributed by atoms with Crippen molar-refractivity contribution in [3.05, 3.63) is 41.0 Å². The molecule has 0 aromatic carbocycles. The summed E-state index contributed by atoms with van der Waals surface area (Å²) < 4.78 is 34.2. The first-order valence-electron chi connectivity index (χ1n) is 6.24. The molecule has 0 spiro atoms. The van der Waals surface area contributed by atoms with Crippen LogP contribution in [0.5, 0.6) is 0 Å². The second-order valence-corrected chi connectivity index (χ2v) is 6.96. The Morgan fingerprint density at radius 3 is 2.14 bits per heavy atom. The van der Waals surface area contributed by atoms with Crippen LogP contribution in [0.15, 0.2) is 29.2 Å². The fourth-order valence-electron chi connectivity index (χ4n) is 2.35. The van der Waals surface area contributed by atoms with Crippen LogP contribution in [0.1, 0.15) is 30.5 Å². The van der Waals surface area contributed by atoms with Crippen LogP contribution in [0.2, 0.25) is 0 Å². The maximum atomic E-state index is 11.4. The van der Waals surface area contributed by atoms with Crippen LogP contribution in [0.25, 0.3) is 11.1 Å². The van der Waals surface area contributed by atoms with Gasteiger partial charge in [-0.1, -0.05) is 12.1 Å². The standard InChI is InChI=1S/C15H18O4S.Na/c1-9-5-6-11(15(3,4)16)8-12-10(2)7-13(14(9)12)20(17,18)19;/h5-8,16H,1-4H3,(H,17,18,19);/q;+1/p-1. The van der Waals surface area contributed by atoms with Crippen molar-refractivity contribution < 1.29 is 47.6 Å². The van der Waals surface area contributed by atoms with Gasteiger partial charge in [0.25, 0.3) is 0 Å². The first-order valence-corrected chi connectivity index (χ1v) is 7.65. The summed E-state index contributed by atoms with van der Waals surface area (Å²) in [7, 11) is -4.52. The topological polar surface area (TPSA) is 77.4 Å². The summed E-state index contributed by atoms with van der Waals surface area (Å²) in [4.78, 5) is -0.194. The summed E-state index contributed by atoms with van der Waals surface area (Å²) in [5, 5.41) is 10.1. The molecule has 1 N–H and O–H groups in total. The molecule has 0 aromatic rings. The van der Waals surface area contributed by atoms with Crippen molar-refractivity contribution in [3.8, 4) is 11.1 Å². The van der Waals surface area contributed by atoms with Crippen LogP contribution < -0.4 is 29.6 Å². The number of hydrogen-bond donors (Lipinski definition) is 1. The Morgan fingerprint density at radius 1 is 1.10 bits per heavy atom. The molecule has 2 aliphatic rings. The van der Waals surface area contributed by atoms with Crippen molar-refractivity contribution in [1.29, 1.82) is 0 Å². The molecular weight excluding hydrogens is 299 g/mol. The SMILES string of the molecule is Cc1cc(S(=O)(=O)[O-])c2c(C)ccc(C(C)(C)O)cc1-2.[Na+]. The molecule has 2 aliphatic carbocycles. The third-order valence-corrected chi connectivity index (χ3v) is 4.33. The molecule has 0 radical (unpaired) electrons. The number of hydrogen-bond acceptors (Lipinski definition) is 4. The van der Waals surface area contributed by atoms with Gasteiger partial charge in [0.1, 0.15) is 10.1 Å². The van der Waals surface area contributed by atoms with Gasteiger partial charge >= 0.3 is 29.6 Å². The first kappa shape index (κ1) is 18.6. The van der Waals surface area contributed by atoms with Gasteiger partial charge in [-0.25, -0.2) is 8.42 Å². The largest absolute Gasteiger partial charge is 1.00 e. The molecule has 0 bridgehead atoms. The summed E-state index contributed by atoms with van der Waals surface area (Å²) in [5.74, 6) is 0. The van der Waals surface area contributed by atoms with E-state index in [0.29, 0.717) is 27.8 Å². The number of rotatable bonds is 2. The molecule has 0 unspecified atom stereocenters. The maximum Gasteiger partial charge on any atom is 1.00 e. The molecule has 0 heterocycles. The predicted octanol–water partition coefficient (Wildman–Crippen LogP) is -0.456. The van der Waals surface area contributed by atoms with E-state index < -0.39 is 15.7 Å². The van der Waals surface area contributed by atoms with E-state index >= 15 is 0 Å². The van der Waals surface area contributed by atoms with Crippen molar-refractivity contribution in [2.24, 2.45) is 0 Å². The summed E-state index contributed by atoms with van der Waals surface area (Å²) >= 11 is 0. The van der Waals surface area contributed by atoms with E-state index in [0.717, 1.165) is 0 Å². The van der Waals surface area contributed by atoms with Gasteiger partial charge in [-0.05, 0) is 62.1 Å². The van der Waals surface area contributed by atoms with Crippen molar-refractivity contribution in [2.75, 3.05) is 0 Å². The van der Waals surface area contributed by atoms with Crippen molar-refractivity contribution >= 4 is 10.1 Å². The number of aliphatic hydroxyl groups is 1. The number of fused-ring (bicyclic) bond motifs is 1. The first-order chi connectivity index (χ1) is 9.01. The second kappa shape index (κ2) is 5.99. The smallest absolute Gasteiger partial charge is 0.744 e. The second-order valence-electron chi connectivity index (χ2n) is 5.61. The fourth-order valence-corrected chi connectivity index (χ4v) is 3.19. The Bertz CT molecular complexity index is 745. The molecule has 0 aliphatic heterocycles. The van der Waals surface area contributed by atoms with Crippen LogP contribution in [0.3, 0.4) is 0 Å². The zero-order valence-electron chi connectivity index (χ0n) is 12.9. The molecule has 6 heteroatoms. The molecule has 0 fully saturated rings. The average molecular weight is 316 g/mol. The van der Waals surface area contributed by atoms with Crippen molar-refractivity contribution in [1.82, 2.24) is 0 Å². The average Bonchev–Trinajstić information content (AvgIpc) is 2.48. The molecule has 108 valence electrons. The van der Waals surface area contributed by atoms with E-state index in [-0.39, 0.29) is 34.5 Å². The summed E-state index contributed by atoms with van der Waals surface area (Å²) in [5.41, 5.74) is 2.14. The predicted molar refractivity (Wildman–Crippen MR) is 75.7 cm³/mol. The van der Waals surface area contributed by atoms with Gasteiger partial charge in [0.15, 0.2) is 0 Å². The van der Waals surface area contributed by atoms with E-state index in [4.69, 9.17) is 0 Å². The normalized spacial score (nSPS) is 12.3. The number of aryl methyl sites for hydroxylation is 2. The van der Waals surface area contributed by atoms with Gasteiger partial charge in [-0.3, -0.25) is 0 Å². The molecular formula is C15H17NaO4S. The van der Waals surface area contributed by atoms with E-state index in [9.17, 15) is 18.1 Å². The Labute approximate surface area is 147 Å². The van der Waals surface area contributed by atoms with Gasteiger partial charge in [-0.2, -0.15) is 0 Å². The van der Waals surface area contributed by atoms with Crippen LogP contribution in [0.4, 0.5) is 0 Å². The quantitative estimate of drug-likeness (QED) is 0.601. The molecule has 4 nitrogen and oxygen atoms in total. The van der Waals surface area contributed by atoms with Crippen LogP contribution in [-0.2, 0) is 15.7 Å². The molecule has 0 amide bonds. The van der Waals surface area contributed by atoms with Gasteiger partial charge in [0.05, 0.1) is 10.5 Å². The Balaban J connectivity index is 0.00000220. The Kier molecular flexibility index (Phi) is 5.31. The molecule has 0 atom stereocenters. The van der Waals surface area contributed by atoms with E-state index in [2.05, 4.69) is 0 Å². The van der Waals surface area contributed by atoms with Crippen LogP contribution in [0, 0.1) is 13.8 Å². The van der Waals surface area contributed by atoms with Gasteiger partial charge < -0.3 is 9.66 Å².